The Morgan fingerprint density at radius 3 is 2.42 bits per heavy atom. The van der Waals surface area contributed by atoms with Gasteiger partial charge in [0.2, 0.25) is 0 Å². The lowest BCUT2D eigenvalue weighted by Crippen LogP contribution is -2.21. The van der Waals surface area contributed by atoms with Crippen LogP contribution in [0.25, 0.3) is 0 Å². The molecule has 0 fully saturated rings. The summed E-state index contributed by atoms with van der Waals surface area (Å²) in [6, 6.07) is 3.79. The van der Waals surface area contributed by atoms with E-state index >= 15 is 0 Å². The highest BCUT2D eigenvalue weighted by atomic mass is 16.1. The van der Waals surface area contributed by atoms with Crippen molar-refractivity contribution in [1.82, 2.24) is 4.57 Å². The number of hydrogen-bond acceptors (Lipinski definition) is 1. The molecule has 2 nitrogen and oxygen atoms in total. The Bertz CT molecular complexity index is 325. The molecule has 12 heavy (non-hydrogen) atoms. The Labute approximate surface area is 72.8 Å². The van der Waals surface area contributed by atoms with Gasteiger partial charge in [0.25, 0.3) is 5.56 Å². The van der Waals surface area contributed by atoms with Crippen LogP contribution < -0.4 is 5.56 Å². The maximum absolute atomic E-state index is 11.4. The van der Waals surface area contributed by atoms with Crippen LogP contribution in [0.4, 0.5) is 0 Å². The molecular formula is C10H15NO. The van der Waals surface area contributed by atoms with Gasteiger partial charge in [0, 0.05) is 18.3 Å². The summed E-state index contributed by atoms with van der Waals surface area (Å²) in [5.74, 6) is 0. The van der Waals surface area contributed by atoms with Crippen molar-refractivity contribution < 1.29 is 0 Å². The second-order valence-corrected chi connectivity index (χ2v) is 2.94. The predicted molar refractivity (Wildman–Crippen MR) is 50.5 cm³/mol. The van der Waals surface area contributed by atoms with Crippen molar-refractivity contribution in [3.05, 3.63) is 33.7 Å². The van der Waals surface area contributed by atoms with Crippen LogP contribution in [0, 0.1) is 6.92 Å². The van der Waals surface area contributed by atoms with Crippen LogP contribution in [0.1, 0.15) is 25.1 Å². The molecule has 0 atom stereocenters. The summed E-state index contributed by atoms with van der Waals surface area (Å²) in [6.45, 7) is 6.78. The molecule has 1 aromatic rings. The highest BCUT2D eigenvalue weighted by Gasteiger charge is 1.99. The van der Waals surface area contributed by atoms with Crippen LogP contribution in [0.2, 0.25) is 0 Å². The number of rotatable bonds is 2. The van der Waals surface area contributed by atoms with Gasteiger partial charge in [-0.15, -0.1) is 0 Å². The topological polar surface area (TPSA) is 22.0 Å². The van der Waals surface area contributed by atoms with Crippen molar-refractivity contribution in [3.63, 3.8) is 0 Å². The average molecular weight is 165 g/mol. The molecule has 0 N–H and O–H groups in total. The SMILES string of the molecule is CCc1cc(C)n(CC)c(=O)c1. The molecule has 2 heteroatoms. The fraction of sp³-hybridized carbons (Fsp3) is 0.500. The van der Waals surface area contributed by atoms with Crippen LogP contribution in [0.5, 0.6) is 0 Å². The van der Waals surface area contributed by atoms with Crippen LogP contribution in [-0.4, -0.2) is 4.57 Å². The van der Waals surface area contributed by atoms with Crippen molar-refractivity contribution in [3.8, 4) is 0 Å². The minimum absolute atomic E-state index is 0.120. The molecule has 0 unspecified atom stereocenters. The van der Waals surface area contributed by atoms with Gasteiger partial charge < -0.3 is 4.57 Å². The fourth-order valence-electron chi connectivity index (χ4n) is 1.41. The Balaban J connectivity index is 3.28. The molecule has 0 radical (unpaired) electrons. The van der Waals surface area contributed by atoms with Crippen molar-refractivity contribution in [2.45, 2.75) is 33.7 Å². The van der Waals surface area contributed by atoms with E-state index in [1.165, 1.54) is 0 Å². The first-order valence-corrected chi connectivity index (χ1v) is 4.39. The first kappa shape index (κ1) is 9.04. The molecular weight excluding hydrogens is 150 g/mol. The van der Waals surface area contributed by atoms with E-state index < -0.39 is 0 Å². The number of nitrogens with zero attached hydrogens (tertiary/aromatic N) is 1. The summed E-state index contributed by atoms with van der Waals surface area (Å²) >= 11 is 0. The van der Waals surface area contributed by atoms with Gasteiger partial charge in [0.15, 0.2) is 0 Å². The summed E-state index contributed by atoms with van der Waals surface area (Å²) in [4.78, 5) is 11.4. The normalized spacial score (nSPS) is 10.2. The van der Waals surface area contributed by atoms with Gasteiger partial charge in [0.1, 0.15) is 0 Å². The first-order chi connectivity index (χ1) is 5.69. The monoisotopic (exact) mass is 165 g/mol. The van der Waals surface area contributed by atoms with E-state index in [0.29, 0.717) is 0 Å². The van der Waals surface area contributed by atoms with Crippen LogP contribution in [0.3, 0.4) is 0 Å². The molecule has 0 aromatic carbocycles. The Kier molecular flexibility index (Phi) is 2.69. The van der Waals surface area contributed by atoms with Crippen molar-refractivity contribution in [2.24, 2.45) is 0 Å². The summed E-state index contributed by atoms with van der Waals surface area (Å²) < 4.78 is 1.78. The maximum atomic E-state index is 11.4. The molecule has 66 valence electrons. The van der Waals surface area contributed by atoms with Crippen molar-refractivity contribution in [2.75, 3.05) is 0 Å². The molecule has 1 aromatic heterocycles. The van der Waals surface area contributed by atoms with Crippen molar-refractivity contribution in [1.29, 1.82) is 0 Å². The zero-order valence-corrected chi connectivity index (χ0v) is 7.92. The number of pyridine rings is 1. The smallest absolute Gasteiger partial charge is 0.250 e. The molecule has 0 aliphatic carbocycles. The fourth-order valence-corrected chi connectivity index (χ4v) is 1.41. The molecule has 0 amide bonds. The Morgan fingerprint density at radius 2 is 2.00 bits per heavy atom. The average Bonchev–Trinajstić information content (AvgIpc) is 2.03. The summed E-state index contributed by atoms with van der Waals surface area (Å²) in [5.41, 5.74) is 2.30. The number of aromatic nitrogens is 1. The predicted octanol–water partition coefficient (Wildman–Crippen LogP) is 1.74. The van der Waals surface area contributed by atoms with Crippen LogP contribution in [0.15, 0.2) is 16.9 Å². The minimum Gasteiger partial charge on any atom is -0.313 e. The van der Waals surface area contributed by atoms with Crippen LogP contribution in [-0.2, 0) is 13.0 Å². The highest BCUT2D eigenvalue weighted by molar-refractivity contribution is 5.16. The summed E-state index contributed by atoms with van der Waals surface area (Å²) in [5, 5.41) is 0. The molecule has 0 saturated carbocycles. The third-order valence-electron chi connectivity index (χ3n) is 2.12. The van der Waals surface area contributed by atoms with Gasteiger partial charge in [-0.2, -0.15) is 0 Å². The lowest BCUT2D eigenvalue weighted by molar-refractivity contribution is 0.697. The highest BCUT2D eigenvalue weighted by Crippen LogP contribution is 2.01. The first-order valence-electron chi connectivity index (χ1n) is 4.39. The van der Waals surface area contributed by atoms with E-state index in [0.717, 1.165) is 24.2 Å². The zero-order valence-electron chi connectivity index (χ0n) is 7.92. The lowest BCUT2D eigenvalue weighted by Gasteiger charge is -2.07. The van der Waals surface area contributed by atoms with E-state index in [1.807, 2.05) is 13.8 Å². The van der Waals surface area contributed by atoms with E-state index in [4.69, 9.17) is 0 Å². The van der Waals surface area contributed by atoms with Gasteiger partial charge in [-0.05, 0) is 31.9 Å². The molecule has 1 heterocycles. The molecule has 0 aliphatic rings. The van der Waals surface area contributed by atoms with Gasteiger partial charge in [-0.25, -0.2) is 0 Å². The van der Waals surface area contributed by atoms with Gasteiger partial charge in [-0.3, -0.25) is 4.79 Å². The standard InChI is InChI=1S/C10H15NO/c1-4-9-6-8(3)11(5-2)10(12)7-9/h6-7H,4-5H2,1-3H3. The van der Waals surface area contributed by atoms with E-state index in [1.54, 1.807) is 10.6 Å². The molecule has 0 bridgehead atoms. The minimum atomic E-state index is 0.120. The van der Waals surface area contributed by atoms with E-state index in [9.17, 15) is 4.79 Å². The van der Waals surface area contributed by atoms with E-state index in [2.05, 4.69) is 13.0 Å². The Hall–Kier alpha value is -1.05. The van der Waals surface area contributed by atoms with Gasteiger partial charge >= 0.3 is 0 Å². The van der Waals surface area contributed by atoms with Gasteiger partial charge in [-0.1, -0.05) is 6.92 Å². The van der Waals surface area contributed by atoms with Crippen molar-refractivity contribution >= 4 is 0 Å². The Morgan fingerprint density at radius 1 is 1.33 bits per heavy atom. The largest absolute Gasteiger partial charge is 0.313 e. The van der Waals surface area contributed by atoms with E-state index in [-0.39, 0.29) is 5.56 Å². The summed E-state index contributed by atoms with van der Waals surface area (Å²) in [6.07, 6.45) is 0.931. The summed E-state index contributed by atoms with van der Waals surface area (Å²) in [7, 11) is 0. The maximum Gasteiger partial charge on any atom is 0.250 e. The quantitative estimate of drug-likeness (QED) is 0.654. The molecule has 0 spiro atoms. The van der Waals surface area contributed by atoms with Gasteiger partial charge in [0.05, 0.1) is 0 Å². The third kappa shape index (κ3) is 1.58. The third-order valence-corrected chi connectivity index (χ3v) is 2.12. The second-order valence-electron chi connectivity index (χ2n) is 2.94. The number of aryl methyl sites for hydroxylation is 2. The zero-order chi connectivity index (χ0) is 9.14. The molecule has 1 rings (SSSR count). The number of hydrogen-bond donors (Lipinski definition) is 0. The lowest BCUT2D eigenvalue weighted by atomic mass is 10.2. The molecule has 0 saturated heterocycles. The second kappa shape index (κ2) is 3.57. The van der Waals surface area contributed by atoms with Crippen LogP contribution >= 0.6 is 0 Å². The molecule has 0 aliphatic heterocycles.